The van der Waals surface area contributed by atoms with E-state index < -0.39 is 5.97 Å². The normalized spacial score (nSPS) is 21.7. The number of carbonyl (C=O) groups is 2. The first-order valence-corrected chi connectivity index (χ1v) is 9.33. The molecular weight excluding hydrogens is 304 g/mol. The molecule has 0 saturated carbocycles. The van der Waals surface area contributed by atoms with Crippen LogP contribution in [0.25, 0.3) is 0 Å². The van der Waals surface area contributed by atoms with Crippen LogP contribution in [0.3, 0.4) is 0 Å². The summed E-state index contributed by atoms with van der Waals surface area (Å²) in [5.74, 6) is -0.374. The van der Waals surface area contributed by atoms with E-state index in [9.17, 15) is 14.7 Å². The Balaban J connectivity index is 2.27. The van der Waals surface area contributed by atoms with Crippen LogP contribution in [-0.2, 0) is 9.59 Å². The molecule has 2 N–H and O–H groups in total. The first-order valence-electron chi connectivity index (χ1n) is 9.33. The van der Waals surface area contributed by atoms with Crippen molar-refractivity contribution in [2.24, 2.45) is 11.8 Å². The van der Waals surface area contributed by atoms with Gasteiger partial charge in [-0.2, -0.15) is 0 Å². The minimum atomic E-state index is -0.739. The van der Waals surface area contributed by atoms with Crippen molar-refractivity contribution >= 4 is 11.8 Å². The molecule has 0 aromatic rings. The molecule has 0 spiro atoms. The number of carboxylic acid groups (broad SMARTS) is 1. The predicted molar refractivity (Wildman–Crippen MR) is 95.8 cm³/mol. The van der Waals surface area contributed by atoms with Crippen LogP contribution in [-0.4, -0.2) is 28.1 Å². The lowest BCUT2D eigenvalue weighted by Gasteiger charge is -2.15. The Kier molecular flexibility index (Phi) is 10.3. The van der Waals surface area contributed by atoms with E-state index in [0.717, 1.165) is 44.9 Å². The second-order valence-electron chi connectivity index (χ2n) is 6.75. The summed E-state index contributed by atoms with van der Waals surface area (Å²) in [5.41, 5.74) is 0. The Morgan fingerprint density at radius 3 is 2.71 bits per heavy atom. The molecule has 0 bridgehead atoms. The number of carboxylic acids is 1. The molecule has 0 radical (unpaired) electrons. The van der Waals surface area contributed by atoms with Crippen LogP contribution >= 0.6 is 0 Å². The monoisotopic (exact) mass is 336 g/mol. The third-order valence-corrected chi connectivity index (χ3v) is 4.63. The minimum Gasteiger partial charge on any atom is -0.481 e. The fourth-order valence-corrected chi connectivity index (χ4v) is 3.13. The van der Waals surface area contributed by atoms with Crippen molar-refractivity contribution in [3.63, 3.8) is 0 Å². The maximum Gasteiger partial charge on any atom is 0.303 e. The highest BCUT2D eigenvalue weighted by atomic mass is 16.4. The molecule has 0 aromatic carbocycles. The van der Waals surface area contributed by atoms with Crippen molar-refractivity contribution in [2.75, 3.05) is 0 Å². The molecular formula is C20H32O4. The number of ketones is 1. The van der Waals surface area contributed by atoms with Crippen LogP contribution in [0.15, 0.2) is 24.3 Å². The summed E-state index contributed by atoms with van der Waals surface area (Å²) in [6.07, 6.45) is 15.7. The number of aliphatic carboxylic acids is 1. The van der Waals surface area contributed by atoms with Crippen molar-refractivity contribution < 1.29 is 19.8 Å². The highest BCUT2D eigenvalue weighted by Gasteiger charge is 2.27. The largest absolute Gasteiger partial charge is 0.481 e. The molecule has 0 aromatic heterocycles. The van der Waals surface area contributed by atoms with Gasteiger partial charge in [-0.1, -0.05) is 57.3 Å². The Labute approximate surface area is 145 Å². The molecule has 1 aliphatic carbocycles. The molecule has 1 unspecified atom stereocenters. The third-order valence-electron chi connectivity index (χ3n) is 4.63. The molecule has 136 valence electrons. The highest BCUT2D eigenvalue weighted by Crippen LogP contribution is 2.29. The lowest BCUT2D eigenvalue weighted by atomic mass is 9.88. The Hall–Kier alpha value is -1.42. The molecule has 0 heterocycles. The van der Waals surface area contributed by atoms with E-state index in [1.54, 1.807) is 6.08 Å². The van der Waals surface area contributed by atoms with Crippen molar-refractivity contribution in [1.82, 2.24) is 0 Å². The van der Waals surface area contributed by atoms with E-state index >= 15 is 0 Å². The van der Waals surface area contributed by atoms with Gasteiger partial charge in [0.25, 0.3) is 0 Å². The minimum absolute atomic E-state index is 0.0218. The standard InChI is InChI=1S/C20H32O4/c1-2-3-10-17(21)11-8-9-16-14-15-19(22)18(16)12-6-4-5-7-13-20(23)24/h8-9,14-18,21H,2-7,10-13H2,1H3,(H,23,24)/b9-8+/t16-,17?,18+/m0/s1. The van der Waals surface area contributed by atoms with Gasteiger partial charge in [0.15, 0.2) is 5.78 Å². The Bertz CT molecular complexity index is 439. The second kappa shape index (κ2) is 12.0. The number of unbranched alkanes of at least 4 members (excludes halogenated alkanes) is 4. The summed E-state index contributed by atoms with van der Waals surface area (Å²) < 4.78 is 0. The number of allylic oxidation sites excluding steroid dienone is 3. The fraction of sp³-hybridized carbons (Fsp3) is 0.700. The quantitative estimate of drug-likeness (QED) is 0.389. The Morgan fingerprint density at radius 1 is 1.25 bits per heavy atom. The number of hydrogen-bond donors (Lipinski definition) is 2. The number of aliphatic hydroxyl groups excluding tert-OH is 1. The smallest absolute Gasteiger partial charge is 0.303 e. The second-order valence-corrected chi connectivity index (χ2v) is 6.75. The topological polar surface area (TPSA) is 74.6 Å². The van der Waals surface area contributed by atoms with Crippen LogP contribution in [0.5, 0.6) is 0 Å². The molecule has 1 aliphatic rings. The maximum atomic E-state index is 12.0. The molecule has 1 rings (SSSR count). The van der Waals surface area contributed by atoms with Crippen molar-refractivity contribution in [1.29, 1.82) is 0 Å². The lowest BCUT2D eigenvalue weighted by molar-refractivity contribution is -0.137. The molecule has 3 atom stereocenters. The maximum absolute atomic E-state index is 12.0. The lowest BCUT2D eigenvalue weighted by Crippen LogP contribution is -2.14. The van der Waals surface area contributed by atoms with Crippen molar-refractivity contribution in [2.45, 2.75) is 77.2 Å². The highest BCUT2D eigenvalue weighted by molar-refractivity contribution is 5.94. The van der Waals surface area contributed by atoms with Gasteiger partial charge < -0.3 is 10.2 Å². The number of carbonyl (C=O) groups excluding carboxylic acids is 1. The summed E-state index contributed by atoms with van der Waals surface area (Å²) in [6, 6.07) is 0. The van der Waals surface area contributed by atoms with E-state index in [0.29, 0.717) is 12.8 Å². The summed E-state index contributed by atoms with van der Waals surface area (Å²) in [4.78, 5) is 22.4. The van der Waals surface area contributed by atoms with E-state index in [-0.39, 0.29) is 30.1 Å². The molecule has 4 nitrogen and oxygen atoms in total. The van der Waals surface area contributed by atoms with Gasteiger partial charge in [0.2, 0.25) is 0 Å². The zero-order chi connectivity index (χ0) is 17.8. The van der Waals surface area contributed by atoms with Crippen LogP contribution in [0.1, 0.15) is 71.1 Å². The van der Waals surface area contributed by atoms with Gasteiger partial charge in [-0.25, -0.2) is 0 Å². The first kappa shape index (κ1) is 20.6. The predicted octanol–water partition coefficient (Wildman–Crippen LogP) is 4.28. The van der Waals surface area contributed by atoms with Crippen LogP contribution in [0.2, 0.25) is 0 Å². The van der Waals surface area contributed by atoms with E-state index in [1.807, 2.05) is 12.2 Å². The summed E-state index contributed by atoms with van der Waals surface area (Å²) >= 11 is 0. The number of hydrogen-bond acceptors (Lipinski definition) is 3. The number of aliphatic hydroxyl groups is 1. The van der Waals surface area contributed by atoms with Gasteiger partial charge in [-0.3, -0.25) is 9.59 Å². The zero-order valence-corrected chi connectivity index (χ0v) is 14.8. The van der Waals surface area contributed by atoms with Gasteiger partial charge in [-0.15, -0.1) is 0 Å². The molecule has 0 amide bonds. The summed E-state index contributed by atoms with van der Waals surface area (Å²) in [6.45, 7) is 2.11. The van der Waals surface area contributed by atoms with Crippen LogP contribution < -0.4 is 0 Å². The zero-order valence-electron chi connectivity index (χ0n) is 14.8. The number of rotatable bonds is 13. The van der Waals surface area contributed by atoms with Gasteiger partial charge in [0.1, 0.15) is 0 Å². The van der Waals surface area contributed by atoms with Gasteiger partial charge >= 0.3 is 5.97 Å². The average molecular weight is 336 g/mol. The van der Waals surface area contributed by atoms with Crippen molar-refractivity contribution in [3.05, 3.63) is 24.3 Å². The fourth-order valence-electron chi connectivity index (χ4n) is 3.13. The molecule has 0 saturated heterocycles. The summed E-state index contributed by atoms with van der Waals surface area (Å²) in [7, 11) is 0. The van der Waals surface area contributed by atoms with E-state index in [2.05, 4.69) is 13.0 Å². The van der Waals surface area contributed by atoms with Crippen molar-refractivity contribution in [3.8, 4) is 0 Å². The van der Waals surface area contributed by atoms with Gasteiger partial charge in [-0.05, 0) is 31.8 Å². The third kappa shape index (κ3) is 8.44. The van der Waals surface area contributed by atoms with Crippen LogP contribution in [0, 0.1) is 11.8 Å². The molecule has 0 fully saturated rings. The molecule has 0 aliphatic heterocycles. The molecule has 24 heavy (non-hydrogen) atoms. The van der Waals surface area contributed by atoms with Gasteiger partial charge in [0.05, 0.1) is 6.10 Å². The average Bonchev–Trinajstić information content (AvgIpc) is 2.89. The van der Waals surface area contributed by atoms with Crippen LogP contribution in [0.4, 0.5) is 0 Å². The van der Waals surface area contributed by atoms with Gasteiger partial charge in [0, 0.05) is 18.3 Å². The SMILES string of the molecule is CCCCC(O)C/C=C/[C@H]1C=CC(=O)[C@@H]1CCCCCCC(=O)O. The van der Waals surface area contributed by atoms with E-state index in [1.165, 1.54) is 0 Å². The summed E-state index contributed by atoms with van der Waals surface area (Å²) in [5, 5.41) is 18.5. The first-order chi connectivity index (χ1) is 11.5. The molecule has 4 heteroatoms. The Morgan fingerprint density at radius 2 is 2.00 bits per heavy atom. The van der Waals surface area contributed by atoms with E-state index in [4.69, 9.17) is 5.11 Å².